The molecule has 0 bridgehead atoms. The van der Waals surface area contributed by atoms with Gasteiger partial charge in [-0.15, -0.1) is 0 Å². The molecule has 0 aromatic heterocycles. The van der Waals surface area contributed by atoms with Crippen LogP contribution >= 0.6 is 0 Å². The van der Waals surface area contributed by atoms with Crippen LogP contribution in [0.4, 0.5) is 0 Å². The number of aromatic hydroxyl groups is 1. The van der Waals surface area contributed by atoms with Crippen molar-refractivity contribution in [3.05, 3.63) is 29.8 Å². The van der Waals surface area contributed by atoms with Crippen LogP contribution in [-0.4, -0.2) is 33.5 Å². The maximum absolute atomic E-state index is 10.0. The van der Waals surface area contributed by atoms with E-state index in [9.17, 15) is 5.11 Å². The fourth-order valence-electron chi connectivity index (χ4n) is 2.32. The van der Waals surface area contributed by atoms with Gasteiger partial charge in [0.25, 0.3) is 0 Å². The van der Waals surface area contributed by atoms with Gasteiger partial charge in [-0.25, -0.2) is 0 Å². The Kier molecular flexibility index (Phi) is 4.65. The van der Waals surface area contributed by atoms with E-state index >= 15 is 0 Å². The predicted molar refractivity (Wildman–Crippen MR) is 84.5 cm³/mol. The normalized spacial score (nSPS) is 10.2. The molecule has 0 aliphatic rings. The number of benzene rings is 2. The van der Waals surface area contributed by atoms with Crippen LogP contribution in [-0.2, 0) is 0 Å². The lowest BCUT2D eigenvalue weighted by molar-refractivity contribution is 0.340. The third-order valence-electron chi connectivity index (χ3n) is 3.51. The minimum Gasteiger partial charge on any atom is -0.502 e. The Morgan fingerprint density at radius 2 is 1.18 bits per heavy atom. The van der Waals surface area contributed by atoms with Crippen molar-refractivity contribution in [3.8, 4) is 39.9 Å². The summed E-state index contributed by atoms with van der Waals surface area (Å²) >= 11 is 0. The van der Waals surface area contributed by atoms with Gasteiger partial charge in [0.1, 0.15) is 11.5 Å². The van der Waals surface area contributed by atoms with Crippen LogP contribution in [0.25, 0.3) is 11.1 Å². The van der Waals surface area contributed by atoms with E-state index in [2.05, 4.69) is 0 Å². The molecule has 0 spiro atoms. The first-order chi connectivity index (χ1) is 10.5. The van der Waals surface area contributed by atoms with Crippen molar-refractivity contribution in [1.82, 2.24) is 0 Å². The van der Waals surface area contributed by atoms with E-state index in [0.717, 1.165) is 22.4 Å². The molecule has 2 aromatic rings. The largest absolute Gasteiger partial charge is 0.502 e. The number of rotatable bonds is 5. The van der Waals surface area contributed by atoms with Gasteiger partial charge in [0.15, 0.2) is 11.5 Å². The average molecular weight is 304 g/mol. The van der Waals surface area contributed by atoms with E-state index in [0.29, 0.717) is 17.2 Å². The summed E-state index contributed by atoms with van der Waals surface area (Å²) in [6.45, 7) is 1.95. The molecule has 0 amide bonds. The van der Waals surface area contributed by atoms with E-state index in [4.69, 9.17) is 18.9 Å². The Labute approximate surface area is 130 Å². The van der Waals surface area contributed by atoms with Crippen molar-refractivity contribution in [2.45, 2.75) is 6.92 Å². The van der Waals surface area contributed by atoms with Gasteiger partial charge in [-0.05, 0) is 42.3 Å². The van der Waals surface area contributed by atoms with Crippen LogP contribution in [0.3, 0.4) is 0 Å². The third kappa shape index (κ3) is 2.74. The molecule has 0 radical (unpaired) electrons. The predicted octanol–water partition coefficient (Wildman–Crippen LogP) is 3.40. The Balaban J connectivity index is 2.70. The van der Waals surface area contributed by atoms with E-state index in [1.807, 2.05) is 19.1 Å². The fraction of sp³-hybridized carbons (Fsp3) is 0.294. The quantitative estimate of drug-likeness (QED) is 0.917. The summed E-state index contributed by atoms with van der Waals surface area (Å²) in [5, 5.41) is 10.0. The van der Waals surface area contributed by atoms with E-state index in [1.54, 1.807) is 26.4 Å². The number of phenolic OH excluding ortho intramolecular Hbond substituents is 1. The van der Waals surface area contributed by atoms with Gasteiger partial charge in [-0.2, -0.15) is 0 Å². The molecule has 5 heteroatoms. The molecule has 0 aliphatic carbocycles. The van der Waals surface area contributed by atoms with Gasteiger partial charge in [-0.3, -0.25) is 0 Å². The van der Waals surface area contributed by atoms with Crippen LogP contribution in [0.15, 0.2) is 24.3 Å². The lowest BCUT2D eigenvalue weighted by Crippen LogP contribution is -1.95. The average Bonchev–Trinajstić information content (AvgIpc) is 2.54. The molecule has 0 unspecified atom stereocenters. The van der Waals surface area contributed by atoms with Crippen LogP contribution in [0.5, 0.6) is 28.7 Å². The molecular weight excluding hydrogens is 284 g/mol. The maximum Gasteiger partial charge on any atom is 0.200 e. The van der Waals surface area contributed by atoms with Gasteiger partial charge in [-0.1, -0.05) is 0 Å². The zero-order chi connectivity index (χ0) is 16.3. The highest BCUT2D eigenvalue weighted by Crippen LogP contribution is 2.43. The minimum atomic E-state index is -0.0354. The molecule has 2 aromatic carbocycles. The second-order valence-corrected chi connectivity index (χ2v) is 4.75. The van der Waals surface area contributed by atoms with Crippen molar-refractivity contribution in [2.75, 3.05) is 28.4 Å². The SMILES string of the molecule is COc1cc(-c2cc(OC)c(O)c(OC)c2)c(OC)cc1C. The number of phenols is 1. The maximum atomic E-state index is 10.0. The summed E-state index contributed by atoms with van der Waals surface area (Å²) in [5.41, 5.74) is 2.59. The lowest BCUT2D eigenvalue weighted by atomic mass is 10.0. The van der Waals surface area contributed by atoms with Crippen molar-refractivity contribution in [1.29, 1.82) is 0 Å². The minimum absolute atomic E-state index is 0.0354. The van der Waals surface area contributed by atoms with E-state index < -0.39 is 0 Å². The Morgan fingerprint density at radius 3 is 1.64 bits per heavy atom. The molecule has 0 saturated heterocycles. The highest BCUT2D eigenvalue weighted by Gasteiger charge is 2.16. The Morgan fingerprint density at radius 1 is 0.682 bits per heavy atom. The first-order valence-electron chi connectivity index (χ1n) is 6.73. The van der Waals surface area contributed by atoms with E-state index in [1.165, 1.54) is 14.2 Å². The number of methoxy groups -OCH3 is 4. The molecule has 2 rings (SSSR count). The van der Waals surface area contributed by atoms with Crippen LogP contribution < -0.4 is 18.9 Å². The summed E-state index contributed by atoms with van der Waals surface area (Å²) in [6, 6.07) is 7.24. The monoisotopic (exact) mass is 304 g/mol. The molecule has 0 heterocycles. The molecular formula is C17H20O5. The summed E-state index contributed by atoms with van der Waals surface area (Å²) < 4.78 is 21.2. The Bertz CT molecular complexity index is 654. The zero-order valence-electron chi connectivity index (χ0n) is 13.4. The molecule has 0 fully saturated rings. The van der Waals surface area contributed by atoms with Gasteiger partial charge >= 0.3 is 0 Å². The van der Waals surface area contributed by atoms with Crippen LogP contribution in [0.1, 0.15) is 5.56 Å². The number of aryl methyl sites for hydroxylation is 1. The van der Waals surface area contributed by atoms with Gasteiger partial charge in [0.2, 0.25) is 5.75 Å². The van der Waals surface area contributed by atoms with Crippen molar-refractivity contribution in [2.24, 2.45) is 0 Å². The second-order valence-electron chi connectivity index (χ2n) is 4.75. The first-order valence-corrected chi connectivity index (χ1v) is 6.73. The zero-order valence-corrected chi connectivity index (χ0v) is 13.4. The third-order valence-corrected chi connectivity index (χ3v) is 3.51. The van der Waals surface area contributed by atoms with Crippen LogP contribution in [0, 0.1) is 6.92 Å². The summed E-state index contributed by atoms with van der Waals surface area (Å²) in [7, 11) is 6.21. The van der Waals surface area contributed by atoms with Crippen molar-refractivity contribution >= 4 is 0 Å². The van der Waals surface area contributed by atoms with Gasteiger partial charge < -0.3 is 24.1 Å². The van der Waals surface area contributed by atoms with Crippen molar-refractivity contribution in [3.63, 3.8) is 0 Å². The molecule has 22 heavy (non-hydrogen) atoms. The summed E-state index contributed by atoms with van der Waals surface area (Å²) in [6.07, 6.45) is 0. The smallest absolute Gasteiger partial charge is 0.200 e. The standard InChI is InChI=1S/C17H20O5/c1-10-6-14(20-3)12(9-13(10)19-2)11-7-15(21-4)17(18)16(8-11)22-5/h6-9,18H,1-5H3. The summed E-state index contributed by atoms with van der Waals surface area (Å²) in [4.78, 5) is 0. The molecule has 0 aliphatic heterocycles. The number of hydrogen-bond donors (Lipinski definition) is 1. The first kappa shape index (κ1) is 15.8. The fourth-order valence-corrected chi connectivity index (χ4v) is 2.32. The molecule has 5 nitrogen and oxygen atoms in total. The van der Waals surface area contributed by atoms with Gasteiger partial charge in [0, 0.05) is 5.56 Å². The van der Waals surface area contributed by atoms with Gasteiger partial charge in [0.05, 0.1) is 28.4 Å². The topological polar surface area (TPSA) is 57.2 Å². The highest BCUT2D eigenvalue weighted by atomic mass is 16.5. The molecule has 1 N–H and O–H groups in total. The van der Waals surface area contributed by atoms with Crippen molar-refractivity contribution < 1.29 is 24.1 Å². The highest BCUT2D eigenvalue weighted by molar-refractivity contribution is 5.77. The van der Waals surface area contributed by atoms with Crippen LogP contribution in [0.2, 0.25) is 0 Å². The van der Waals surface area contributed by atoms with E-state index in [-0.39, 0.29) is 5.75 Å². The lowest BCUT2D eigenvalue weighted by Gasteiger charge is -2.15. The second kappa shape index (κ2) is 6.47. The molecule has 118 valence electrons. The number of ether oxygens (including phenoxy) is 4. The molecule has 0 saturated carbocycles. The molecule has 0 atom stereocenters. The Hall–Kier alpha value is -2.56. The number of hydrogen-bond acceptors (Lipinski definition) is 5. The summed E-state index contributed by atoms with van der Waals surface area (Å²) in [5.74, 6) is 2.08.